The Morgan fingerprint density at radius 2 is 2.00 bits per heavy atom. The van der Waals surface area contributed by atoms with Gasteiger partial charge in [0, 0.05) is 44.6 Å². The predicted molar refractivity (Wildman–Crippen MR) is 105 cm³/mol. The molecule has 0 fully saturated rings. The molecule has 154 valence electrons. The molecule has 0 aliphatic heterocycles. The van der Waals surface area contributed by atoms with Gasteiger partial charge in [0.05, 0.1) is 16.1 Å². The monoisotopic (exact) mass is 411 g/mol. The van der Waals surface area contributed by atoms with Gasteiger partial charge in [0.2, 0.25) is 10.0 Å². The topological polar surface area (TPSA) is 126 Å². The first-order valence-corrected chi connectivity index (χ1v) is 10.4. The van der Waals surface area contributed by atoms with Crippen LogP contribution in [0.15, 0.2) is 45.9 Å². The summed E-state index contributed by atoms with van der Waals surface area (Å²) in [6.07, 6.45) is 2.01. The number of aliphatic hydroxyl groups excluding tert-OH is 1. The van der Waals surface area contributed by atoms with E-state index in [1.165, 1.54) is 22.7 Å². The number of hydrogen-bond acceptors (Lipinski definition) is 7. The quantitative estimate of drug-likeness (QED) is 0.430. The zero-order valence-electron chi connectivity index (χ0n) is 15.9. The zero-order valence-corrected chi connectivity index (χ0v) is 16.7. The van der Waals surface area contributed by atoms with E-state index in [4.69, 9.17) is 4.42 Å². The van der Waals surface area contributed by atoms with Crippen molar-refractivity contribution in [1.29, 1.82) is 0 Å². The van der Waals surface area contributed by atoms with Crippen molar-refractivity contribution in [2.45, 2.75) is 25.2 Å². The number of nitrogens with zero attached hydrogens (tertiary/aromatic N) is 2. The number of anilines is 1. The molecule has 1 aromatic carbocycles. The normalized spacial score (nSPS) is 12.9. The van der Waals surface area contributed by atoms with E-state index in [0.29, 0.717) is 12.2 Å². The van der Waals surface area contributed by atoms with Crippen molar-refractivity contribution in [2.75, 3.05) is 31.6 Å². The van der Waals surface area contributed by atoms with Gasteiger partial charge in [-0.15, -0.1) is 0 Å². The maximum atomic E-state index is 12.6. The van der Waals surface area contributed by atoms with Crippen molar-refractivity contribution in [1.82, 2.24) is 4.31 Å². The Labute approximate surface area is 164 Å². The van der Waals surface area contributed by atoms with Crippen LogP contribution in [0.25, 0.3) is 0 Å². The second-order valence-electron chi connectivity index (χ2n) is 6.24. The van der Waals surface area contributed by atoms with Gasteiger partial charge in [-0.3, -0.25) is 10.1 Å². The number of hydrogen-bond donors (Lipinski definition) is 2. The molecule has 0 saturated carbocycles. The van der Waals surface area contributed by atoms with Gasteiger partial charge in [0.15, 0.2) is 0 Å². The standard InChI is InChI=1S/C18H25N3O6S/c1-3-20(4-2)28(25,26)16-7-8-17(18(11-16)21(23)24)19-12-14(13-22)10-15-6-5-9-27-15/h5-9,11,14,19,22H,3-4,10,12-13H2,1-2H3/t14-/m0/s1. The van der Waals surface area contributed by atoms with E-state index in [-0.39, 0.29) is 48.4 Å². The largest absolute Gasteiger partial charge is 0.469 e. The Bertz CT molecular complexity index is 879. The van der Waals surface area contributed by atoms with E-state index in [1.54, 1.807) is 26.0 Å². The summed E-state index contributed by atoms with van der Waals surface area (Å²) in [5.74, 6) is 0.487. The van der Waals surface area contributed by atoms with Crippen LogP contribution in [0, 0.1) is 16.0 Å². The van der Waals surface area contributed by atoms with Gasteiger partial charge in [0.1, 0.15) is 11.4 Å². The van der Waals surface area contributed by atoms with Crippen molar-refractivity contribution in [3.05, 3.63) is 52.5 Å². The number of nitro groups is 1. The number of aliphatic hydroxyl groups is 1. The minimum Gasteiger partial charge on any atom is -0.469 e. The SMILES string of the molecule is CCN(CC)S(=O)(=O)c1ccc(NC[C@@H](CO)Cc2ccco2)c([N+](=O)[O-])c1. The Hall–Kier alpha value is -2.43. The van der Waals surface area contributed by atoms with Crippen LogP contribution in [0.5, 0.6) is 0 Å². The highest BCUT2D eigenvalue weighted by atomic mass is 32.2. The van der Waals surface area contributed by atoms with Crippen LogP contribution in [0.1, 0.15) is 19.6 Å². The first kappa shape index (κ1) is 21.9. The summed E-state index contributed by atoms with van der Waals surface area (Å²) in [6, 6.07) is 7.34. The maximum absolute atomic E-state index is 12.6. The van der Waals surface area contributed by atoms with E-state index >= 15 is 0 Å². The molecule has 0 amide bonds. The summed E-state index contributed by atoms with van der Waals surface area (Å²) in [5.41, 5.74) is -0.135. The van der Waals surface area contributed by atoms with Gasteiger partial charge in [-0.2, -0.15) is 4.31 Å². The molecule has 1 aromatic heterocycles. The van der Waals surface area contributed by atoms with Crippen molar-refractivity contribution in [3.8, 4) is 0 Å². The summed E-state index contributed by atoms with van der Waals surface area (Å²) >= 11 is 0. The lowest BCUT2D eigenvalue weighted by Crippen LogP contribution is -2.30. The second kappa shape index (κ2) is 9.67. The molecule has 0 bridgehead atoms. The molecule has 2 rings (SSSR count). The van der Waals surface area contributed by atoms with Crippen LogP contribution in [0.3, 0.4) is 0 Å². The van der Waals surface area contributed by atoms with Gasteiger partial charge in [-0.25, -0.2) is 8.42 Å². The lowest BCUT2D eigenvalue weighted by Gasteiger charge is -2.19. The summed E-state index contributed by atoms with van der Waals surface area (Å²) in [5, 5.41) is 24.0. The van der Waals surface area contributed by atoms with Gasteiger partial charge < -0.3 is 14.8 Å². The van der Waals surface area contributed by atoms with E-state index in [2.05, 4.69) is 5.32 Å². The van der Waals surface area contributed by atoms with Crippen LogP contribution < -0.4 is 5.32 Å². The number of benzene rings is 1. The fraction of sp³-hybridized carbons (Fsp3) is 0.444. The molecule has 9 nitrogen and oxygen atoms in total. The highest BCUT2D eigenvalue weighted by Crippen LogP contribution is 2.29. The third kappa shape index (κ3) is 5.09. The number of nitrogens with one attached hydrogen (secondary N) is 1. The van der Waals surface area contributed by atoms with Crippen LogP contribution in [-0.2, 0) is 16.4 Å². The van der Waals surface area contributed by atoms with Gasteiger partial charge in [-0.1, -0.05) is 13.8 Å². The molecule has 1 heterocycles. The summed E-state index contributed by atoms with van der Waals surface area (Å²) in [7, 11) is -3.80. The number of sulfonamides is 1. The number of nitro benzene ring substituents is 1. The molecule has 2 N–H and O–H groups in total. The highest BCUT2D eigenvalue weighted by Gasteiger charge is 2.26. The number of rotatable bonds is 11. The van der Waals surface area contributed by atoms with E-state index in [9.17, 15) is 23.6 Å². The minimum absolute atomic E-state index is 0.122. The maximum Gasteiger partial charge on any atom is 0.293 e. The molecular formula is C18H25N3O6S. The lowest BCUT2D eigenvalue weighted by molar-refractivity contribution is -0.384. The molecule has 0 saturated heterocycles. The summed E-state index contributed by atoms with van der Waals surface area (Å²) < 4.78 is 31.7. The molecule has 10 heteroatoms. The molecule has 28 heavy (non-hydrogen) atoms. The summed E-state index contributed by atoms with van der Waals surface area (Å²) in [6.45, 7) is 4.10. The van der Waals surface area contributed by atoms with Gasteiger partial charge >= 0.3 is 0 Å². The van der Waals surface area contributed by atoms with E-state index < -0.39 is 14.9 Å². The van der Waals surface area contributed by atoms with Crippen LogP contribution >= 0.6 is 0 Å². The molecule has 0 aliphatic carbocycles. The average molecular weight is 411 g/mol. The first-order chi connectivity index (χ1) is 13.3. The van der Waals surface area contributed by atoms with Crippen molar-refractivity contribution < 1.29 is 22.9 Å². The Balaban J connectivity index is 2.22. The van der Waals surface area contributed by atoms with Crippen LogP contribution in [0.4, 0.5) is 11.4 Å². The van der Waals surface area contributed by atoms with Gasteiger partial charge in [0.25, 0.3) is 5.69 Å². The first-order valence-electron chi connectivity index (χ1n) is 8.99. The molecule has 0 radical (unpaired) electrons. The second-order valence-corrected chi connectivity index (χ2v) is 8.18. The number of furan rings is 1. The molecular weight excluding hydrogens is 386 g/mol. The summed E-state index contributed by atoms with van der Waals surface area (Å²) in [4.78, 5) is 10.7. The third-order valence-corrected chi connectivity index (χ3v) is 6.46. The molecule has 2 aromatic rings. The van der Waals surface area contributed by atoms with E-state index in [1.807, 2.05) is 0 Å². The van der Waals surface area contributed by atoms with Crippen molar-refractivity contribution in [2.24, 2.45) is 5.92 Å². The highest BCUT2D eigenvalue weighted by molar-refractivity contribution is 7.89. The molecule has 0 aliphatic rings. The van der Waals surface area contributed by atoms with Crippen molar-refractivity contribution >= 4 is 21.4 Å². The lowest BCUT2D eigenvalue weighted by atomic mass is 10.0. The third-order valence-electron chi connectivity index (χ3n) is 4.42. The fourth-order valence-electron chi connectivity index (χ4n) is 2.85. The zero-order chi connectivity index (χ0) is 20.7. The predicted octanol–water partition coefficient (Wildman–Crippen LogP) is 2.48. The van der Waals surface area contributed by atoms with Crippen LogP contribution in [0.2, 0.25) is 0 Å². The molecule has 0 spiro atoms. The van der Waals surface area contributed by atoms with Gasteiger partial charge in [-0.05, 0) is 24.3 Å². The minimum atomic E-state index is -3.80. The fourth-order valence-corrected chi connectivity index (χ4v) is 4.33. The van der Waals surface area contributed by atoms with Crippen LogP contribution in [-0.4, -0.2) is 49.0 Å². The average Bonchev–Trinajstić information content (AvgIpc) is 3.18. The Kier molecular flexibility index (Phi) is 7.55. The molecule has 0 unspecified atom stereocenters. The molecule has 1 atom stereocenters. The van der Waals surface area contributed by atoms with E-state index in [0.717, 1.165) is 6.07 Å². The Morgan fingerprint density at radius 1 is 1.29 bits per heavy atom. The van der Waals surface area contributed by atoms with Crippen molar-refractivity contribution in [3.63, 3.8) is 0 Å². The smallest absolute Gasteiger partial charge is 0.293 e. The Morgan fingerprint density at radius 3 is 2.54 bits per heavy atom.